The fourth-order valence-corrected chi connectivity index (χ4v) is 1.61. The van der Waals surface area contributed by atoms with Crippen molar-refractivity contribution >= 4 is 23.9 Å². The van der Waals surface area contributed by atoms with Gasteiger partial charge in [-0.15, -0.1) is 0 Å². The number of hydrogen-bond acceptors (Lipinski definition) is 5. The number of amides is 1. The van der Waals surface area contributed by atoms with E-state index >= 15 is 0 Å². The molecular formula is C11H15N7O. The van der Waals surface area contributed by atoms with Gasteiger partial charge in [0.25, 0.3) is 5.91 Å². The van der Waals surface area contributed by atoms with E-state index in [9.17, 15) is 4.79 Å². The van der Waals surface area contributed by atoms with Crippen LogP contribution in [0.1, 0.15) is 0 Å². The van der Waals surface area contributed by atoms with Gasteiger partial charge in [0.15, 0.2) is 5.96 Å². The maximum atomic E-state index is 11.6. The standard InChI is InChI=1S/C11H15N7O/c12-10-8-4-2-1-3-7(8)5-16-18(10)17-9(19)6-15-11(13)14/h1-5,16H,6,12H2,(H,17,19)(H4,13,14,15). The van der Waals surface area contributed by atoms with E-state index in [1.54, 1.807) is 6.20 Å². The quantitative estimate of drug-likeness (QED) is 0.251. The lowest BCUT2D eigenvalue weighted by molar-refractivity contribution is -0.124. The molecule has 1 aliphatic rings. The van der Waals surface area contributed by atoms with Gasteiger partial charge in [0, 0.05) is 16.6 Å². The summed E-state index contributed by atoms with van der Waals surface area (Å²) in [5, 5.41) is 12.4. The van der Waals surface area contributed by atoms with E-state index in [0.29, 0.717) is 5.82 Å². The third-order valence-corrected chi connectivity index (χ3v) is 2.50. The molecular weight excluding hydrogens is 246 g/mol. The van der Waals surface area contributed by atoms with Gasteiger partial charge in [-0.2, -0.15) is 5.12 Å². The molecule has 0 spiro atoms. The topological polar surface area (TPSA) is 132 Å². The molecule has 0 radical (unpaired) electrons. The molecule has 1 heterocycles. The van der Waals surface area contributed by atoms with Crippen molar-refractivity contribution in [1.82, 2.24) is 21.3 Å². The highest BCUT2D eigenvalue weighted by Gasteiger charge is 2.12. The zero-order valence-electron chi connectivity index (χ0n) is 10.1. The van der Waals surface area contributed by atoms with Crippen LogP contribution in [0.4, 0.5) is 0 Å². The third-order valence-electron chi connectivity index (χ3n) is 2.50. The highest BCUT2D eigenvalue weighted by Crippen LogP contribution is 1.90. The second kappa shape index (κ2) is 5.17. The Bertz CT molecular complexity index is 624. The molecule has 8 heteroatoms. The van der Waals surface area contributed by atoms with Gasteiger partial charge >= 0.3 is 0 Å². The van der Waals surface area contributed by atoms with Gasteiger partial charge in [-0.25, -0.2) is 5.43 Å². The van der Waals surface area contributed by atoms with Crippen LogP contribution in [-0.2, 0) is 4.79 Å². The van der Waals surface area contributed by atoms with Gasteiger partial charge in [-0.3, -0.25) is 15.6 Å². The van der Waals surface area contributed by atoms with Gasteiger partial charge in [0.2, 0.25) is 0 Å². The van der Waals surface area contributed by atoms with E-state index in [4.69, 9.17) is 16.9 Å². The summed E-state index contributed by atoms with van der Waals surface area (Å²) >= 11 is 0. The SMILES string of the molecule is N=C(N)NCC(=O)NN1NC=c2ccccc2=C1N. The lowest BCUT2D eigenvalue weighted by Crippen LogP contribution is -2.57. The number of carbonyl (C=O) groups is 1. The Morgan fingerprint density at radius 2 is 2.16 bits per heavy atom. The first-order valence-corrected chi connectivity index (χ1v) is 5.56. The van der Waals surface area contributed by atoms with E-state index in [1.807, 2.05) is 24.3 Å². The molecule has 0 unspecified atom stereocenters. The number of benzene rings is 1. The molecule has 1 amide bonds. The van der Waals surface area contributed by atoms with E-state index in [2.05, 4.69) is 16.2 Å². The number of carbonyl (C=O) groups excluding carboxylic acids is 1. The Hall–Kier alpha value is -2.90. The van der Waals surface area contributed by atoms with Crippen LogP contribution in [0, 0.1) is 5.41 Å². The maximum Gasteiger partial charge on any atom is 0.259 e. The average Bonchev–Trinajstić information content (AvgIpc) is 2.40. The van der Waals surface area contributed by atoms with Crippen LogP contribution in [0.25, 0.3) is 12.0 Å². The fraction of sp³-hybridized carbons (Fsp3) is 0.0909. The molecule has 0 saturated heterocycles. The van der Waals surface area contributed by atoms with Gasteiger partial charge in [-0.1, -0.05) is 24.3 Å². The normalized spacial score (nSPS) is 12.8. The minimum absolute atomic E-state index is 0.109. The minimum Gasteiger partial charge on any atom is -0.382 e. The molecule has 0 aliphatic carbocycles. The molecule has 100 valence electrons. The molecule has 0 bridgehead atoms. The molecule has 8 N–H and O–H groups in total. The summed E-state index contributed by atoms with van der Waals surface area (Å²) in [5.41, 5.74) is 16.4. The molecule has 2 rings (SSSR count). The third kappa shape index (κ3) is 2.86. The molecule has 0 fully saturated rings. The Morgan fingerprint density at radius 1 is 1.42 bits per heavy atom. The van der Waals surface area contributed by atoms with E-state index in [-0.39, 0.29) is 18.4 Å². The Morgan fingerprint density at radius 3 is 2.89 bits per heavy atom. The summed E-state index contributed by atoms with van der Waals surface area (Å²) in [6.45, 7) is -0.109. The van der Waals surface area contributed by atoms with Crippen molar-refractivity contribution in [1.29, 1.82) is 5.41 Å². The van der Waals surface area contributed by atoms with Gasteiger partial charge in [-0.05, 0) is 0 Å². The summed E-state index contributed by atoms with van der Waals surface area (Å²) in [4.78, 5) is 11.6. The molecule has 8 nitrogen and oxygen atoms in total. The Labute approximate surface area is 109 Å². The van der Waals surface area contributed by atoms with Gasteiger partial charge < -0.3 is 16.8 Å². The van der Waals surface area contributed by atoms with Gasteiger partial charge in [0.1, 0.15) is 5.82 Å². The van der Waals surface area contributed by atoms with Crippen LogP contribution >= 0.6 is 0 Å². The highest BCUT2D eigenvalue weighted by atomic mass is 16.2. The predicted molar refractivity (Wildman–Crippen MR) is 70.8 cm³/mol. The van der Waals surface area contributed by atoms with E-state index in [0.717, 1.165) is 10.4 Å². The predicted octanol–water partition coefficient (Wildman–Crippen LogP) is -3.22. The van der Waals surface area contributed by atoms with Gasteiger partial charge in [0.05, 0.1) is 6.54 Å². The largest absolute Gasteiger partial charge is 0.382 e. The fourth-order valence-electron chi connectivity index (χ4n) is 1.61. The average molecular weight is 261 g/mol. The van der Waals surface area contributed by atoms with Crippen molar-refractivity contribution in [2.24, 2.45) is 11.5 Å². The summed E-state index contributed by atoms with van der Waals surface area (Å²) < 4.78 is 0. The lowest BCUT2D eigenvalue weighted by Gasteiger charge is -2.27. The second-order valence-corrected chi connectivity index (χ2v) is 3.88. The first-order valence-electron chi connectivity index (χ1n) is 5.56. The summed E-state index contributed by atoms with van der Waals surface area (Å²) in [6.07, 6.45) is 1.73. The first-order chi connectivity index (χ1) is 9.08. The summed E-state index contributed by atoms with van der Waals surface area (Å²) in [7, 11) is 0. The smallest absolute Gasteiger partial charge is 0.259 e. The molecule has 0 saturated carbocycles. The molecule has 1 aromatic rings. The van der Waals surface area contributed by atoms with Crippen molar-refractivity contribution in [3.05, 3.63) is 34.7 Å². The van der Waals surface area contributed by atoms with Crippen LogP contribution in [0.3, 0.4) is 0 Å². The Balaban J connectivity index is 2.10. The zero-order valence-corrected chi connectivity index (χ0v) is 10.1. The summed E-state index contributed by atoms with van der Waals surface area (Å²) in [5.74, 6) is -0.261. The van der Waals surface area contributed by atoms with Crippen molar-refractivity contribution in [2.75, 3.05) is 6.54 Å². The van der Waals surface area contributed by atoms with Crippen molar-refractivity contribution in [3.8, 4) is 0 Å². The number of hydrazine groups is 2. The van der Waals surface area contributed by atoms with Crippen molar-refractivity contribution < 1.29 is 4.79 Å². The van der Waals surface area contributed by atoms with E-state index in [1.165, 1.54) is 5.12 Å². The molecule has 0 aromatic heterocycles. The van der Waals surface area contributed by atoms with Crippen LogP contribution in [0.15, 0.2) is 24.3 Å². The number of fused-ring (bicyclic) bond motifs is 1. The number of guanidine groups is 1. The lowest BCUT2D eigenvalue weighted by atomic mass is 10.2. The highest BCUT2D eigenvalue weighted by molar-refractivity contribution is 5.84. The number of nitrogens with two attached hydrogens (primary N) is 2. The monoisotopic (exact) mass is 261 g/mol. The number of hydrogen-bond donors (Lipinski definition) is 6. The Kier molecular flexibility index (Phi) is 3.42. The van der Waals surface area contributed by atoms with Crippen LogP contribution in [0.5, 0.6) is 0 Å². The van der Waals surface area contributed by atoms with Crippen LogP contribution in [-0.4, -0.2) is 23.5 Å². The van der Waals surface area contributed by atoms with Crippen LogP contribution in [0.2, 0.25) is 0 Å². The molecule has 1 aliphatic heterocycles. The molecule has 1 aromatic carbocycles. The maximum absolute atomic E-state index is 11.6. The van der Waals surface area contributed by atoms with Crippen molar-refractivity contribution in [3.63, 3.8) is 0 Å². The van der Waals surface area contributed by atoms with E-state index < -0.39 is 0 Å². The number of rotatable bonds is 3. The molecule has 0 atom stereocenters. The van der Waals surface area contributed by atoms with Crippen LogP contribution < -0.4 is 38.1 Å². The molecule has 19 heavy (non-hydrogen) atoms. The van der Waals surface area contributed by atoms with Crippen molar-refractivity contribution in [2.45, 2.75) is 0 Å². The minimum atomic E-state index is -0.376. The number of nitrogens with zero attached hydrogens (tertiary/aromatic N) is 1. The second-order valence-electron chi connectivity index (χ2n) is 3.88. The summed E-state index contributed by atoms with van der Waals surface area (Å²) in [6, 6.07) is 7.53. The first kappa shape index (κ1) is 12.6. The number of nitrogens with one attached hydrogen (secondary N) is 4. The zero-order chi connectivity index (χ0) is 13.8.